The fourth-order valence-corrected chi connectivity index (χ4v) is 26.8. The van der Waals surface area contributed by atoms with E-state index in [0.717, 1.165) is 49.9 Å². The van der Waals surface area contributed by atoms with E-state index in [1.54, 1.807) is 85.3 Å². The molecule has 352 valence electrons. The summed E-state index contributed by atoms with van der Waals surface area (Å²) in [5, 5.41) is 0. The lowest BCUT2D eigenvalue weighted by Gasteiger charge is -2.41. The molecule has 6 unspecified atom stereocenters. The van der Waals surface area contributed by atoms with E-state index >= 15 is 0 Å². The first-order valence-electron chi connectivity index (χ1n) is 22.3. The van der Waals surface area contributed by atoms with Gasteiger partial charge in [0.2, 0.25) is 0 Å². The maximum atomic E-state index is 7.40. The van der Waals surface area contributed by atoms with Crippen LogP contribution in [-0.2, 0) is 57.2 Å². The highest BCUT2D eigenvalue weighted by Gasteiger charge is 2.45. The van der Waals surface area contributed by atoms with E-state index in [2.05, 4.69) is 26.2 Å². The van der Waals surface area contributed by atoms with Gasteiger partial charge in [0.25, 0.3) is 0 Å². The molecule has 0 aromatic rings. The van der Waals surface area contributed by atoms with Crippen molar-refractivity contribution in [2.45, 2.75) is 140 Å². The van der Waals surface area contributed by atoms with E-state index in [-0.39, 0.29) is 0 Å². The van der Waals surface area contributed by atoms with Gasteiger partial charge in [-0.3, -0.25) is 0 Å². The average molecular weight is 948 g/mol. The van der Waals surface area contributed by atoms with E-state index in [1.807, 2.05) is 0 Å². The Morgan fingerprint density at radius 1 is 0.305 bits per heavy atom. The highest BCUT2D eigenvalue weighted by molar-refractivity contribution is 6.84. The first kappa shape index (κ1) is 55.9. The minimum atomic E-state index is -2.68. The second-order valence-corrected chi connectivity index (χ2v) is 39.7. The molecule has 59 heavy (non-hydrogen) atoms. The van der Waals surface area contributed by atoms with Crippen LogP contribution in [0.3, 0.4) is 0 Å². The van der Waals surface area contributed by atoms with Crippen molar-refractivity contribution in [1.29, 1.82) is 0 Å². The summed E-state index contributed by atoms with van der Waals surface area (Å²) in [5.74, 6) is 3.71. The van der Waals surface area contributed by atoms with E-state index < -0.39 is 51.9 Å². The SMILES string of the molecule is CO[Si](CCC1CCC(CC[Si](OC)(OC)OC)C(CC[Si](C)(C)O[Si](C)(C)CCC2CCC(CC[Si](OC)(OC)OC)CC2CC[Si](OC)(OC)OC)C1)(OC)OC. The minimum absolute atomic E-state index is 0.580. The van der Waals surface area contributed by atoms with E-state index in [0.29, 0.717) is 35.5 Å². The van der Waals surface area contributed by atoms with Crippen LogP contribution >= 0.6 is 0 Å². The highest BCUT2D eigenvalue weighted by atomic mass is 28.4. The fourth-order valence-electron chi connectivity index (χ4n) is 10.5. The Bertz CT molecular complexity index is 1100. The van der Waals surface area contributed by atoms with E-state index in [1.165, 1.54) is 63.5 Å². The van der Waals surface area contributed by atoms with Crippen LogP contribution in [0.15, 0.2) is 0 Å². The van der Waals surface area contributed by atoms with Crippen molar-refractivity contribution in [3.05, 3.63) is 0 Å². The van der Waals surface area contributed by atoms with Gasteiger partial charge >= 0.3 is 35.2 Å². The summed E-state index contributed by atoms with van der Waals surface area (Å²) in [6.07, 6.45) is 13.9. The molecule has 0 saturated heterocycles. The van der Waals surface area contributed by atoms with Crippen LogP contribution in [0.2, 0.25) is 62.5 Å². The normalized spacial score (nSPS) is 24.2. The van der Waals surface area contributed by atoms with E-state index in [4.69, 9.17) is 57.2 Å². The van der Waals surface area contributed by atoms with Gasteiger partial charge in [0, 0.05) is 109 Å². The van der Waals surface area contributed by atoms with Crippen molar-refractivity contribution in [3.8, 4) is 0 Å². The Kier molecular flexibility index (Phi) is 25.3. The maximum absolute atomic E-state index is 7.40. The molecule has 0 amide bonds. The summed E-state index contributed by atoms with van der Waals surface area (Å²) >= 11 is 0. The Hall–Kier alpha value is 0.781. The largest absolute Gasteiger partial charge is 0.500 e. The molecule has 0 aromatic carbocycles. The highest BCUT2D eigenvalue weighted by Crippen LogP contribution is 2.45. The van der Waals surface area contributed by atoms with Crippen molar-refractivity contribution in [2.24, 2.45) is 35.5 Å². The molecule has 2 rings (SSSR count). The van der Waals surface area contributed by atoms with Gasteiger partial charge < -0.3 is 57.2 Å². The molecule has 2 aliphatic carbocycles. The number of hydrogen-bond donors (Lipinski definition) is 0. The monoisotopic (exact) mass is 946 g/mol. The zero-order valence-electron chi connectivity index (χ0n) is 40.5. The Morgan fingerprint density at radius 2 is 0.542 bits per heavy atom. The molecule has 0 heterocycles. The molecule has 0 aromatic heterocycles. The molecular formula is C40H90O13Si6. The predicted molar refractivity (Wildman–Crippen MR) is 248 cm³/mol. The second kappa shape index (κ2) is 26.7. The van der Waals surface area contributed by atoms with Crippen LogP contribution in [0.4, 0.5) is 0 Å². The lowest BCUT2D eigenvalue weighted by Crippen LogP contribution is -2.46. The smallest absolute Gasteiger partial charge is 0.455 e. The molecule has 2 saturated carbocycles. The summed E-state index contributed by atoms with van der Waals surface area (Å²) in [7, 11) is 6.18. The third kappa shape index (κ3) is 17.3. The van der Waals surface area contributed by atoms with Crippen LogP contribution in [0.25, 0.3) is 0 Å². The molecule has 0 spiro atoms. The summed E-state index contributed by atoms with van der Waals surface area (Å²) in [6.45, 7) is 9.86. The molecule has 6 atom stereocenters. The molecule has 0 radical (unpaired) electrons. The zero-order chi connectivity index (χ0) is 44.4. The first-order valence-corrected chi connectivity index (χ1v) is 36.2. The topological polar surface area (TPSA) is 120 Å². The van der Waals surface area contributed by atoms with Gasteiger partial charge in [-0.25, -0.2) is 0 Å². The van der Waals surface area contributed by atoms with Gasteiger partial charge in [-0.05, 0) is 125 Å². The maximum Gasteiger partial charge on any atom is 0.500 e. The number of rotatable bonds is 32. The van der Waals surface area contributed by atoms with Crippen LogP contribution in [-0.4, -0.2) is 137 Å². The van der Waals surface area contributed by atoms with Crippen molar-refractivity contribution in [1.82, 2.24) is 0 Å². The molecule has 0 N–H and O–H groups in total. The second-order valence-electron chi connectivity index (χ2n) is 18.4. The van der Waals surface area contributed by atoms with Gasteiger partial charge in [-0.15, -0.1) is 0 Å². The van der Waals surface area contributed by atoms with Gasteiger partial charge in [-0.1, -0.05) is 25.7 Å². The van der Waals surface area contributed by atoms with Crippen molar-refractivity contribution >= 4 is 51.9 Å². The predicted octanol–water partition coefficient (Wildman–Crippen LogP) is 9.33. The van der Waals surface area contributed by atoms with Gasteiger partial charge in [0.05, 0.1) is 0 Å². The van der Waals surface area contributed by atoms with Gasteiger partial charge in [0.15, 0.2) is 16.6 Å². The summed E-state index contributed by atoms with van der Waals surface area (Å²) < 4.78 is 77.3. The molecule has 19 heteroatoms. The third-order valence-corrected chi connectivity index (χ3v) is 32.9. The summed E-state index contributed by atoms with van der Waals surface area (Å²) in [5.41, 5.74) is 0. The lowest BCUT2D eigenvalue weighted by atomic mass is 9.71. The average Bonchev–Trinajstić information content (AvgIpc) is 3.25. The van der Waals surface area contributed by atoms with Crippen LogP contribution in [0.1, 0.15) is 77.0 Å². The third-order valence-electron chi connectivity index (χ3n) is 14.4. The van der Waals surface area contributed by atoms with Gasteiger partial charge in [0.1, 0.15) is 0 Å². The van der Waals surface area contributed by atoms with Crippen molar-refractivity contribution in [2.75, 3.05) is 85.3 Å². The van der Waals surface area contributed by atoms with Crippen molar-refractivity contribution in [3.63, 3.8) is 0 Å². The summed E-state index contributed by atoms with van der Waals surface area (Å²) in [6, 6.07) is 5.72. The molecular weight excluding hydrogens is 857 g/mol. The fraction of sp³-hybridized carbons (Fsp3) is 1.00. The Morgan fingerprint density at radius 3 is 0.831 bits per heavy atom. The lowest BCUT2D eigenvalue weighted by molar-refractivity contribution is 0.106. The summed E-state index contributed by atoms with van der Waals surface area (Å²) in [4.78, 5) is 0. The Balaban J connectivity index is 2.15. The Labute approximate surface area is 367 Å². The molecule has 13 nitrogen and oxygen atoms in total. The minimum Gasteiger partial charge on any atom is -0.455 e. The zero-order valence-corrected chi connectivity index (χ0v) is 46.5. The molecule has 0 aliphatic heterocycles. The van der Waals surface area contributed by atoms with Crippen molar-refractivity contribution < 1.29 is 57.2 Å². The van der Waals surface area contributed by atoms with Gasteiger partial charge in [-0.2, -0.15) is 0 Å². The number of hydrogen-bond acceptors (Lipinski definition) is 13. The first-order chi connectivity index (χ1) is 27.9. The molecule has 2 aliphatic rings. The standard InChI is InChI=1S/C40H90O13Si6/c1-41-56(42-2,43-3)29-21-35-18-20-38(25-31-58(47-7,48-8)49-9)39(33-35)24-28-55(15,16)53-54(13,14)27-23-37-19-17-36(22-30-57(44-4,45-5)46-6)34-40(37)26-32-59(50-10,51-11)52-12/h35-40H,17-34H2,1-16H3. The molecule has 2 fully saturated rings. The van der Waals surface area contributed by atoms with Crippen LogP contribution in [0.5, 0.6) is 0 Å². The van der Waals surface area contributed by atoms with E-state index in [9.17, 15) is 0 Å². The molecule has 0 bridgehead atoms. The van der Waals surface area contributed by atoms with Crippen LogP contribution in [0, 0.1) is 35.5 Å². The van der Waals surface area contributed by atoms with Crippen LogP contribution < -0.4 is 0 Å². The quantitative estimate of drug-likeness (QED) is 0.0597.